The number of nitrogens with zero attached hydrogens (tertiary/aromatic N) is 2. The van der Waals surface area contributed by atoms with Crippen LogP contribution in [-0.2, 0) is 19.1 Å². The van der Waals surface area contributed by atoms with Gasteiger partial charge in [-0.2, -0.15) is 0 Å². The molecule has 0 unspecified atom stereocenters. The van der Waals surface area contributed by atoms with Gasteiger partial charge < -0.3 is 10.1 Å². The molecule has 34 heavy (non-hydrogen) atoms. The van der Waals surface area contributed by atoms with E-state index in [1.807, 2.05) is 0 Å². The van der Waals surface area contributed by atoms with Crippen molar-refractivity contribution in [3.8, 4) is 0 Å². The molecular formula is C24H23N3O7. The minimum atomic E-state index is -0.804. The zero-order chi connectivity index (χ0) is 24.4. The molecule has 0 aromatic heterocycles. The number of amides is 3. The van der Waals surface area contributed by atoms with Gasteiger partial charge in [0.05, 0.1) is 28.0 Å². The summed E-state index contributed by atoms with van der Waals surface area (Å²) in [4.78, 5) is 61.8. The van der Waals surface area contributed by atoms with Crippen LogP contribution in [-0.4, -0.2) is 35.2 Å². The molecule has 2 aromatic rings. The monoisotopic (exact) mass is 465 g/mol. The standard InChI is InChI=1S/C24H23N3O7/c1-14-8-9-19-20(10-14)23(30)26(22(19)29)17-6-2-4-15(11-17)24(31)34-13-21(28)25-16-5-3-7-18(12-16)27(32)33/h2-7,11-12,14,19-20H,8-10,13H2,1H3,(H,25,28)/t14-,19+,20-/m1/s1. The number of anilines is 2. The maximum atomic E-state index is 12.9. The fourth-order valence-corrected chi connectivity index (χ4v) is 4.52. The van der Waals surface area contributed by atoms with E-state index in [9.17, 15) is 29.3 Å². The fourth-order valence-electron chi connectivity index (χ4n) is 4.52. The Labute approximate surface area is 195 Å². The van der Waals surface area contributed by atoms with E-state index in [2.05, 4.69) is 12.2 Å². The summed E-state index contributed by atoms with van der Waals surface area (Å²) in [6.07, 6.45) is 2.25. The Morgan fingerprint density at radius 3 is 2.59 bits per heavy atom. The molecule has 1 aliphatic heterocycles. The number of nitrogens with one attached hydrogen (secondary N) is 1. The molecule has 2 fully saturated rings. The van der Waals surface area contributed by atoms with E-state index in [1.165, 1.54) is 36.4 Å². The van der Waals surface area contributed by atoms with Gasteiger partial charge in [0.25, 0.3) is 11.6 Å². The molecular weight excluding hydrogens is 442 g/mol. The van der Waals surface area contributed by atoms with Crippen molar-refractivity contribution in [1.82, 2.24) is 0 Å². The van der Waals surface area contributed by atoms with Crippen molar-refractivity contribution >= 4 is 40.8 Å². The van der Waals surface area contributed by atoms with Crippen LogP contribution < -0.4 is 10.2 Å². The van der Waals surface area contributed by atoms with Crippen LogP contribution in [0.1, 0.15) is 36.5 Å². The Hall–Kier alpha value is -4.08. The first kappa shape index (κ1) is 23.1. The van der Waals surface area contributed by atoms with Gasteiger partial charge in [-0.15, -0.1) is 0 Å². The van der Waals surface area contributed by atoms with E-state index in [4.69, 9.17) is 4.74 Å². The molecule has 0 spiro atoms. The molecule has 1 N–H and O–H groups in total. The Morgan fingerprint density at radius 1 is 1.09 bits per heavy atom. The molecule has 4 rings (SSSR count). The van der Waals surface area contributed by atoms with Gasteiger partial charge in [0.15, 0.2) is 6.61 Å². The largest absolute Gasteiger partial charge is 0.452 e. The second kappa shape index (κ2) is 9.42. The summed E-state index contributed by atoms with van der Waals surface area (Å²) < 4.78 is 5.05. The second-order valence-corrected chi connectivity index (χ2v) is 8.63. The number of rotatable bonds is 6. The fraction of sp³-hybridized carbons (Fsp3) is 0.333. The quantitative estimate of drug-likeness (QED) is 0.299. The number of fused-ring (bicyclic) bond motifs is 1. The summed E-state index contributed by atoms with van der Waals surface area (Å²) in [5.41, 5.74) is 0.392. The van der Waals surface area contributed by atoms with Crippen molar-refractivity contribution in [2.75, 3.05) is 16.8 Å². The molecule has 3 atom stereocenters. The van der Waals surface area contributed by atoms with E-state index < -0.39 is 23.4 Å². The predicted octanol–water partition coefficient (Wildman–Crippen LogP) is 3.32. The van der Waals surface area contributed by atoms with Crippen LogP contribution in [0.3, 0.4) is 0 Å². The van der Waals surface area contributed by atoms with Crippen LogP contribution >= 0.6 is 0 Å². The first-order valence-corrected chi connectivity index (χ1v) is 10.9. The Kier molecular flexibility index (Phi) is 6.40. The van der Waals surface area contributed by atoms with Crippen LogP contribution in [0, 0.1) is 27.9 Å². The average Bonchev–Trinajstić information content (AvgIpc) is 3.06. The van der Waals surface area contributed by atoms with Crippen molar-refractivity contribution in [2.24, 2.45) is 17.8 Å². The number of benzene rings is 2. The first-order valence-electron chi connectivity index (χ1n) is 10.9. The van der Waals surface area contributed by atoms with E-state index in [-0.39, 0.29) is 40.6 Å². The number of imide groups is 1. The van der Waals surface area contributed by atoms with Gasteiger partial charge >= 0.3 is 5.97 Å². The van der Waals surface area contributed by atoms with E-state index in [1.54, 1.807) is 12.1 Å². The first-order chi connectivity index (χ1) is 16.2. The predicted molar refractivity (Wildman–Crippen MR) is 121 cm³/mol. The van der Waals surface area contributed by atoms with Gasteiger partial charge in [-0.05, 0) is 49.4 Å². The number of hydrogen-bond donors (Lipinski definition) is 1. The third-order valence-electron chi connectivity index (χ3n) is 6.20. The minimum absolute atomic E-state index is 0.0875. The van der Waals surface area contributed by atoms with E-state index in [0.717, 1.165) is 11.3 Å². The Morgan fingerprint density at radius 2 is 1.82 bits per heavy atom. The molecule has 1 aliphatic carbocycles. The van der Waals surface area contributed by atoms with E-state index in [0.29, 0.717) is 24.4 Å². The van der Waals surface area contributed by atoms with Crippen molar-refractivity contribution < 1.29 is 28.8 Å². The van der Waals surface area contributed by atoms with Gasteiger partial charge in [-0.1, -0.05) is 19.1 Å². The molecule has 1 saturated heterocycles. The lowest BCUT2D eigenvalue weighted by Crippen LogP contribution is -2.31. The Bertz CT molecular complexity index is 1180. The number of non-ortho nitro benzene ring substituents is 1. The number of nitro benzene ring substituents is 1. The third kappa shape index (κ3) is 4.66. The highest BCUT2D eigenvalue weighted by molar-refractivity contribution is 6.22. The maximum absolute atomic E-state index is 12.9. The second-order valence-electron chi connectivity index (χ2n) is 8.63. The van der Waals surface area contributed by atoms with Crippen LogP contribution in [0.5, 0.6) is 0 Å². The third-order valence-corrected chi connectivity index (χ3v) is 6.20. The molecule has 0 bridgehead atoms. The normalized spacial score (nSPS) is 21.7. The number of esters is 1. The van der Waals surface area contributed by atoms with Crippen LogP contribution in [0.15, 0.2) is 48.5 Å². The molecule has 2 aliphatic rings. The average molecular weight is 465 g/mol. The lowest BCUT2D eigenvalue weighted by Gasteiger charge is -2.25. The number of carbonyl (C=O) groups excluding carboxylic acids is 4. The van der Waals surface area contributed by atoms with Crippen molar-refractivity contribution in [2.45, 2.75) is 26.2 Å². The van der Waals surface area contributed by atoms with Gasteiger partial charge in [-0.25, -0.2) is 4.79 Å². The van der Waals surface area contributed by atoms with Crippen LogP contribution in [0.4, 0.5) is 17.1 Å². The van der Waals surface area contributed by atoms with Crippen molar-refractivity contribution in [1.29, 1.82) is 0 Å². The number of hydrogen-bond acceptors (Lipinski definition) is 7. The van der Waals surface area contributed by atoms with Gasteiger partial charge in [0.2, 0.25) is 11.8 Å². The molecule has 2 aromatic carbocycles. The molecule has 176 valence electrons. The summed E-state index contributed by atoms with van der Waals surface area (Å²) in [6, 6.07) is 11.4. The van der Waals surface area contributed by atoms with Crippen molar-refractivity contribution in [3.05, 3.63) is 64.2 Å². The zero-order valence-electron chi connectivity index (χ0n) is 18.4. The zero-order valence-corrected chi connectivity index (χ0v) is 18.4. The molecule has 10 heteroatoms. The summed E-state index contributed by atoms with van der Waals surface area (Å²) in [5.74, 6) is -2.24. The summed E-state index contributed by atoms with van der Waals surface area (Å²) in [7, 11) is 0. The molecule has 1 saturated carbocycles. The highest BCUT2D eigenvalue weighted by atomic mass is 16.6. The topological polar surface area (TPSA) is 136 Å². The maximum Gasteiger partial charge on any atom is 0.338 e. The highest BCUT2D eigenvalue weighted by Gasteiger charge is 2.50. The molecule has 0 radical (unpaired) electrons. The van der Waals surface area contributed by atoms with E-state index >= 15 is 0 Å². The number of ether oxygens (including phenoxy) is 1. The number of nitro groups is 1. The summed E-state index contributed by atoms with van der Waals surface area (Å²) in [5, 5.41) is 13.3. The SMILES string of the molecule is C[C@@H]1CC[C@@H]2C(=O)N(c3cccc(C(=O)OCC(=O)Nc4cccc([N+](=O)[O-])c4)c3)C(=O)[C@@H]2C1. The summed E-state index contributed by atoms with van der Waals surface area (Å²) >= 11 is 0. The lowest BCUT2D eigenvalue weighted by atomic mass is 9.76. The smallest absolute Gasteiger partial charge is 0.338 e. The molecule has 1 heterocycles. The number of carbonyl (C=O) groups is 4. The highest BCUT2D eigenvalue weighted by Crippen LogP contribution is 2.42. The van der Waals surface area contributed by atoms with Crippen LogP contribution in [0.2, 0.25) is 0 Å². The minimum Gasteiger partial charge on any atom is -0.452 e. The van der Waals surface area contributed by atoms with Gasteiger partial charge in [0.1, 0.15) is 0 Å². The van der Waals surface area contributed by atoms with Crippen LogP contribution in [0.25, 0.3) is 0 Å². The van der Waals surface area contributed by atoms with Gasteiger partial charge in [0, 0.05) is 17.8 Å². The van der Waals surface area contributed by atoms with Gasteiger partial charge in [-0.3, -0.25) is 29.4 Å². The lowest BCUT2D eigenvalue weighted by molar-refractivity contribution is -0.384. The molecule has 10 nitrogen and oxygen atoms in total. The summed E-state index contributed by atoms with van der Waals surface area (Å²) in [6.45, 7) is 1.46. The molecule has 3 amide bonds. The van der Waals surface area contributed by atoms with Crippen molar-refractivity contribution in [3.63, 3.8) is 0 Å². The Balaban J connectivity index is 1.40.